The molecule has 0 bridgehead atoms. The molecule has 0 aliphatic heterocycles. The third-order valence-electron chi connectivity index (χ3n) is 2.30. The van der Waals surface area contributed by atoms with Crippen LogP contribution in [0.15, 0.2) is 17.0 Å². The second-order valence-corrected chi connectivity index (χ2v) is 5.23. The first-order valence-electron chi connectivity index (χ1n) is 5.50. The van der Waals surface area contributed by atoms with Crippen molar-refractivity contribution in [1.82, 2.24) is 0 Å². The molecule has 6 heteroatoms. The van der Waals surface area contributed by atoms with Gasteiger partial charge in [0.25, 0.3) is 0 Å². The predicted octanol–water partition coefficient (Wildman–Crippen LogP) is 3.50. The first-order valence-corrected chi connectivity index (χ1v) is 6.87. The van der Waals surface area contributed by atoms with Gasteiger partial charge in [0, 0.05) is 4.90 Å². The summed E-state index contributed by atoms with van der Waals surface area (Å²) in [6, 6.07) is 2.55. The molecule has 0 heterocycles. The van der Waals surface area contributed by atoms with Gasteiger partial charge >= 0.3 is 5.97 Å². The fraction of sp³-hybridized carbons (Fsp3) is 0.417. The summed E-state index contributed by atoms with van der Waals surface area (Å²) in [5.74, 6) is -0.769. The minimum atomic E-state index is -0.563. The molecule has 0 saturated carbocycles. The molecule has 100 valence electrons. The van der Waals surface area contributed by atoms with Gasteiger partial charge in [-0.2, -0.15) is 0 Å². The highest BCUT2D eigenvalue weighted by Crippen LogP contribution is 2.30. The van der Waals surface area contributed by atoms with E-state index in [1.54, 1.807) is 0 Å². The van der Waals surface area contributed by atoms with Gasteiger partial charge in [0.15, 0.2) is 0 Å². The van der Waals surface area contributed by atoms with Crippen LogP contribution in [0.3, 0.4) is 0 Å². The van der Waals surface area contributed by atoms with Gasteiger partial charge in [-0.1, -0.05) is 18.5 Å². The first kappa shape index (κ1) is 15.1. The van der Waals surface area contributed by atoms with Crippen LogP contribution in [0, 0.1) is 5.82 Å². The zero-order valence-electron chi connectivity index (χ0n) is 10.2. The molecule has 1 rings (SSSR count). The van der Waals surface area contributed by atoms with E-state index >= 15 is 0 Å². The lowest BCUT2D eigenvalue weighted by molar-refractivity contribution is -0.144. The van der Waals surface area contributed by atoms with Crippen molar-refractivity contribution in [2.45, 2.75) is 31.3 Å². The molecule has 0 fully saturated rings. The summed E-state index contributed by atoms with van der Waals surface area (Å²) >= 11 is 7.03. The maximum atomic E-state index is 13.1. The Morgan fingerprint density at radius 1 is 1.61 bits per heavy atom. The van der Waals surface area contributed by atoms with Crippen molar-refractivity contribution >= 4 is 35.0 Å². The monoisotopic (exact) mass is 291 g/mol. The number of rotatable bonds is 5. The lowest BCUT2D eigenvalue weighted by atomic mass is 10.3. The minimum absolute atomic E-state index is 0.0113. The summed E-state index contributed by atoms with van der Waals surface area (Å²) in [5.41, 5.74) is 5.45. The van der Waals surface area contributed by atoms with E-state index in [-0.39, 0.29) is 28.5 Å². The van der Waals surface area contributed by atoms with Crippen molar-refractivity contribution in [3.05, 3.63) is 23.0 Å². The van der Waals surface area contributed by atoms with E-state index in [1.165, 1.54) is 17.8 Å². The van der Waals surface area contributed by atoms with Gasteiger partial charge < -0.3 is 10.5 Å². The van der Waals surface area contributed by atoms with Gasteiger partial charge in [-0.05, 0) is 25.5 Å². The van der Waals surface area contributed by atoms with Gasteiger partial charge in [0.05, 0.1) is 22.6 Å². The van der Waals surface area contributed by atoms with Crippen LogP contribution in [0.2, 0.25) is 5.02 Å². The molecular formula is C12H15ClFNO2S. The fourth-order valence-electron chi connectivity index (χ4n) is 1.13. The van der Waals surface area contributed by atoms with Gasteiger partial charge in [-0.15, -0.1) is 11.8 Å². The molecule has 2 N–H and O–H groups in total. The Morgan fingerprint density at radius 2 is 2.28 bits per heavy atom. The van der Waals surface area contributed by atoms with Gasteiger partial charge in [-0.3, -0.25) is 4.79 Å². The van der Waals surface area contributed by atoms with Gasteiger partial charge in [0.1, 0.15) is 5.82 Å². The third-order valence-corrected chi connectivity index (χ3v) is 3.76. The molecular weight excluding hydrogens is 277 g/mol. The summed E-state index contributed by atoms with van der Waals surface area (Å²) in [6.07, 6.45) is 0.660. The first-order chi connectivity index (χ1) is 8.43. The molecule has 1 aromatic rings. The van der Waals surface area contributed by atoms with Crippen molar-refractivity contribution < 1.29 is 13.9 Å². The number of carbonyl (C=O) groups is 1. The van der Waals surface area contributed by atoms with Crippen LogP contribution in [0.5, 0.6) is 0 Å². The summed E-state index contributed by atoms with van der Waals surface area (Å²) in [5, 5.41) is 0.239. The van der Waals surface area contributed by atoms with E-state index in [2.05, 4.69) is 0 Å². The van der Waals surface area contributed by atoms with E-state index in [1.807, 2.05) is 13.8 Å². The normalized spacial score (nSPS) is 12.2. The summed E-state index contributed by atoms with van der Waals surface area (Å²) in [4.78, 5) is 12.0. The number of hydrogen-bond donors (Lipinski definition) is 1. The zero-order valence-corrected chi connectivity index (χ0v) is 11.8. The number of nitrogen functional groups attached to an aromatic ring is 1. The number of thioether (sulfide) groups is 1. The van der Waals surface area contributed by atoms with E-state index in [4.69, 9.17) is 22.1 Å². The van der Waals surface area contributed by atoms with Crippen LogP contribution >= 0.6 is 23.4 Å². The molecule has 0 radical (unpaired) electrons. The SMILES string of the molecule is CCC(C)OC(=O)CSc1cc(N)c(F)cc1Cl. The number of esters is 1. The second-order valence-electron chi connectivity index (χ2n) is 3.80. The minimum Gasteiger partial charge on any atom is -0.462 e. The quantitative estimate of drug-likeness (QED) is 0.512. The predicted molar refractivity (Wildman–Crippen MR) is 72.4 cm³/mol. The number of nitrogens with two attached hydrogens (primary N) is 1. The summed E-state index contributed by atoms with van der Waals surface area (Å²) < 4.78 is 18.2. The van der Waals surface area contributed by atoms with Crippen LogP contribution < -0.4 is 5.73 Å². The standard InChI is InChI=1S/C12H15ClFNO2S/c1-3-7(2)17-12(16)6-18-11-5-10(15)9(14)4-8(11)13/h4-5,7H,3,6,15H2,1-2H3. The smallest absolute Gasteiger partial charge is 0.316 e. The van der Waals surface area contributed by atoms with E-state index in [0.29, 0.717) is 4.90 Å². The van der Waals surface area contributed by atoms with Crippen LogP contribution in [0.25, 0.3) is 0 Å². The third kappa shape index (κ3) is 4.38. The molecule has 1 atom stereocenters. The van der Waals surface area contributed by atoms with Crippen molar-refractivity contribution in [3.8, 4) is 0 Å². The van der Waals surface area contributed by atoms with E-state index in [9.17, 15) is 9.18 Å². The Bertz CT molecular complexity index is 442. The molecule has 0 aromatic heterocycles. The van der Waals surface area contributed by atoms with Gasteiger partial charge in [-0.25, -0.2) is 4.39 Å². The van der Waals surface area contributed by atoms with Crippen LogP contribution in [0.1, 0.15) is 20.3 Å². The maximum absolute atomic E-state index is 13.1. The number of halogens is 2. The van der Waals surface area contributed by atoms with Gasteiger partial charge in [0.2, 0.25) is 0 Å². The summed E-state index contributed by atoms with van der Waals surface area (Å²) in [6.45, 7) is 3.76. The number of hydrogen-bond acceptors (Lipinski definition) is 4. The Hall–Kier alpha value is -0.940. The van der Waals surface area contributed by atoms with Crippen molar-refractivity contribution in [1.29, 1.82) is 0 Å². The fourth-order valence-corrected chi connectivity index (χ4v) is 2.20. The molecule has 1 aromatic carbocycles. The Labute approximate surface area is 115 Å². The molecule has 0 amide bonds. The molecule has 0 aliphatic carbocycles. The molecule has 0 spiro atoms. The highest BCUT2D eigenvalue weighted by atomic mass is 35.5. The average Bonchev–Trinajstić information content (AvgIpc) is 2.32. The number of benzene rings is 1. The largest absolute Gasteiger partial charge is 0.462 e. The average molecular weight is 292 g/mol. The van der Waals surface area contributed by atoms with E-state index < -0.39 is 5.82 Å². The molecule has 18 heavy (non-hydrogen) atoms. The van der Waals surface area contributed by atoms with Crippen LogP contribution in [-0.4, -0.2) is 17.8 Å². The Morgan fingerprint density at radius 3 is 2.89 bits per heavy atom. The Kier molecular flexibility index (Phi) is 5.75. The van der Waals surface area contributed by atoms with Crippen molar-refractivity contribution in [2.24, 2.45) is 0 Å². The number of ether oxygens (including phenoxy) is 1. The second kappa shape index (κ2) is 6.85. The number of carbonyl (C=O) groups excluding carboxylic acids is 1. The highest BCUT2D eigenvalue weighted by molar-refractivity contribution is 8.00. The van der Waals surface area contributed by atoms with Crippen LogP contribution in [0.4, 0.5) is 10.1 Å². The maximum Gasteiger partial charge on any atom is 0.316 e. The topological polar surface area (TPSA) is 52.3 Å². The lowest BCUT2D eigenvalue weighted by Gasteiger charge is -2.11. The lowest BCUT2D eigenvalue weighted by Crippen LogP contribution is -2.15. The number of anilines is 1. The van der Waals surface area contributed by atoms with E-state index in [0.717, 1.165) is 12.5 Å². The molecule has 0 saturated heterocycles. The zero-order chi connectivity index (χ0) is 13.7. The van der Waals surface area contributed by atoms with Crippen molar-refractivity contribution in [3.63, 3.8) is 0 Å². The molecule has 1 unspecified atom stereocenters. The molecule has 3 nitrogen and oxygen atoms in total. The highest BCUT2D eigenvalue weighted by Gasteiger charge is 2.11. The van der Waals surface area contributed by atoms with Crippen molar-refractivity contribution in [2.75, 3.05) is 11.5 Å². The molecule has 0 aliphatic rings. The Balaban J connectivity index is 2.58. The van der Waals surface area contributed by atoms with Crippen LogP contribution in [-0.2, 0) is 9.53 Å². The summed E-state index contributed by atoms with van der Waals surface area (Å²) in [7, 11) is 0.